The Morgan fingerprint density at radius 3 is 2.60 bits per heavy atom. The van der Waals surface area contributed by atoms with Crippen LogP contribution < -0.4 is 5.73 Å². The lowest BCUT2D eigenvalue weighted by atomic mass is 9.94. The maximum absolute atomic E-state index is 10.9. The third-order valence-electron chi connectivity index (χ3n) is 2.46. The molecule has 3 N–H and O–H groups in total. The molecule has 0 unspecified atom stereocenters. The molecule has 1 aliphatic rings. The van der Waals surface area contributed by atoms with Gasteiger partial charge in [0, 0.05) is 38.1 Å². The number of carboxylic acid groups (broad SMARTS) is 1. The normalized spacial score (nSPS) is 20.3. The molecule has 0 spiro atoms. The Balaban J connectivity index is 2.86. The highest BCUT2D eigenvalue weighted by atomic mass is 16.5. The Kier molecular flexibility index (Phi) is 4.30. The van der Waals surface area contributed by atoms with Crippen LogP contribution in [-0.2, 0) is 9.53 Å². The van der Waals surface area contributed by atoms with Crippen molar-refractivity contribution in [3.05, 3.63) is 11.3 Å². The van der Waals surface area contributed by atoms with Crippen LogP contribution in [0.4, 0.5) is 0 Å². The predicted molar refractivity (Wildman–Crippen MR) is 56.8 cm³/mol. The summed E-state index contributed by atoms with van der Waals surface area (Å²) in [5, 5.41) is 8.95. The largest absolute Gasteiger partial charge is 0.478 e. The second-order valence-electron chi connectivity index (χ2n) is 3.45. The van der Waals surface area contributed by atoms with E-state index in [-0.39, 0.29) is 11.5 Å². The summed E-state index contributed by atoms with van der Waals surface area (Å²) in [5.41, 5.74) is 6.35. The Bertz CT molecular complexity index is 291. The SMILES string of the molecule is CN=CC(C(=O)O)=C(N)C1CCOCC1. The van der Waals surface area contributed by atoms with E-state index >= 15 is 0 Å². The molecule has 1 aliphatic heterocycles. The number of hydrogen-bond acceptors (Lipinski definition) is 4. The minimum absolute atomic E-state index is 0.0999. The Labute approximate surface area is 88.6 Å². The van der Waals surface area contributed by atoms with Crippen LogP contribution in [0.1, 0.15) is 12.8 Å². The van der Waals surface area contributed by atoms with Crippen molar-refractivity contribution in [2.75, 3.05) is 20.3 Å². The van der Waals surface area contributed by atoms with Gasteiger partial charge < -0.3 is 15.6 Å². The van der Waals surface area contributed by atoms with Crippen molar-refractivity contribution in [1.29, 1.82) is 0 Å². The monoisotopic (exact) mass is 212 g/mol. The van der Waals surface area contributed by atoms with Gasteiger partial charge in [-0.2, -0.15) is 0 Å². The molecule has 5 nitrogen and oxygen atoms in total. The van der Waals surface area contributed by atoms with Crippen LogP contribution in [0.5, 0.6) is 0 Å². The topological polar surface area (TPSA) is 84.9 Å². The summed E-state index contributed by atoms with van der Waals surface area (Å²) in [6.07, 6.45) is 2.85. The van der Waals surface area contributed by atoms with Gasteiger partial charge in [-0.15, -0.1) is 0 Å². The second-order valence-corrected chi connectivity index (χ2v) is 3.45. The van der Waals surface area contributed by atoms with E-state index in [1.54, 1.807) is 0 Å². The van der Waals surface area contributed by atoms with E-state index in [0.29, 0.717) is 18.9 Å². The number of hydrogen-bond donors (Lipinski definition) is 2. The quantitative estimate of drug-likeness (QED) is 0.524. The molecule has 0 amide bonds. The summed E-state index contributed by atoms with van der Waals surface area (Å²) in [6.45, 7) is 1.28. The first-order valence-electron chi connectivity index (χ1n) is 4.89. The Hall–Kier alpha value is -1.36. The molecule has 1 saturated heterocycles. The van der Waals surface area contributed by atoms with Crippen molar-refractivity contribution in [2.45, 2.75) is 12.8 Å². The average Bonchev–Trinajstić information content (AvgIpc) is 2.26. The number of carbonyl (C=O) groups is 1. The summed E-state index contributed by atoms with van der Waals surface area (Å²) in [4.78, 5) is 14.6. The molecular weight excluding hydrogens is 196 g/mol. The van der Waals surface area contributed by atoms with Crippen molar-refractivity contribution >= 4 is 12.2 Å². The number of allylic oxidation sites excluding steroid dienone is 1. The zero-order valence-electron chi connectivity index (χ0n) is 8.77. The lowest BCUT2D eigenvalue weighted by Crippen LogP contribution is -2.25. The van der Waals surface area contributed by atoms with Gasteiger partial charge in [-0.25, -0.2) is 4.79 Å². The highest BCUT2D eigenvalue weighted by Crippen LogP contribution is 2.21. The number of rotatable bonds is 3. The number of ether oxygens (including phenoxy) is 1. The number of aliphatic imine (C=N–C) groups is 1. The molecule has 0 aromatic rings. The second kappa shape index (κ2) is 5.50. The fourth-order valence-electron chi connectivity index (χ4n) is 1.61. The van der Waals surface area contributed by atoms with E-state index in [4.69, 9.17) is 15.6 Å². The summed E-state index contributed by atoms with van der Waals surface area (Å²) >= 11 is 0. The van der Waals surface area contributed by atoms with Gasteiger partial charge in [-0.1, -0.05) is 0 Å². The van der Waals surface area contributed by atoms with Gasteiger partial charge in [0.05, 0.1) is 5.57 Å². The average molecular weight is 212 g/mol. The number of carboxylic acids is 1. The first-order valence-corrected chi connectivity index (χ1v) is 4.89. The fraction of sp³-hybridized carbons (Fsp3) is 0.600. The molecule has 0 aliphatic carbocycles. The van der Waals surface area contributed by atoms with Gasteiger partial charge in [-0.05, 0) is 12.8 Å². The van der Waals surface area contributed by atoms with Gasteiger partial charge in [0.1, 0.15) is 0 Å². The zero-order valence-corrected chi connectivity index (χ0v) is 8.77. The maximum Gasteiger partial charge on any atom is 0.339 e. The molecule has 1 rings (SSSR count). The summed E-state index contributed by atoms with van der Waals surface area (Å²) < 4.78 is 5.19. The minimum atomic E-state index is -1.02. The minimum Gasteiger partial charge on any atom is -0.478 e. The molecule has 1 fully saturated rings. The standard InChI is InChI=1S/C10H16N2O3/c1-12-6-8(10(13)14)9(11)7-2-4-15-5-3-7/h6-7H,2-5,11H2,1H3,(H,13,14). The van der Waals surface area contributed by atoms with Crippen molar-refractivity contribution < 1.29 is 14.6 Å². The fourth-order valence-corrected chi connectivity index (χ4v) is 1.61. The molecule has 15 heavy (non-hydrogen) atoms. The van der Waals surface area contributed by atoms with Crippen molar-refractivity contribution in [3.63, 3.8) is 0 Å². The van der Waals surface area contributed by atoms with Crippen LogP contribution in [0.25, 0.3) is 0 Å². The van der Waals surface area contributed by atoms with E-state index in [1.807, 2.05) is 0 Å². The highest BCUT2D eigenvalue weighted by Gasteiger charge is 2.21. The van der Waals surface area contributed by atoms with Crippen molar-refractivity contribution in [3.8, 4) is 0 Å². The third kappa shape index (κ3) is 3.06. The number of nitrogens with zero attached hydrogens (tertiary/aromatic N) is 1. The molecule has 0 saturated carbocycles. The molecule has 0 aromatic heterocycles. The van der Waals surface area contributed by atoms with Gasteiger partial charge >= 0.3 is 5.97 Å². The predicted octanol–water partition coefficient (Wildman–Crippen LogP) is 0.411. The first kappa shape index (κ1) is 11.7. The lowest BCUT2D eigenvalue weighted by Gasteiger charge is -2.23. The van der Waals surface area contributed by atoms with Crippen molar-refractivity contribution in [1.82, 2.24) is 0 Å². The van der Waals surface area contributed by atoms with Gasteiger partial charge in [0.15, 0.2) is 0 Å². The molecule has 1 heterocycles. The van der Waals surface area contributed by atoms with E-state index in [2.05, 4.69) is 4.99 Å². The van der Waals surface area contributed by atoms with Gasteiger partial charge in [0.2, 0.25) is 0 Å². The molecule has 5 heteroatoms. The number of nitrogens with two attached hydrogens (primary N) is 1. The van der Waals surface area contributed by atoms with E-state index < -0.39 is 5.97 Å². The van der Waals surface area contributed by atoms with E-state index in [1.165, 1.54) is 13.3 Å². The van der Waals surface area contributed by atoms with Crippen LogP contribution in [-0.4, -0.2) is 37.6 Å². The number of aliphatic carboxylic acids is 1. The zero-order chi connectivity index (χ0) is 11.3. The maximum atomic E-state index is 10.9. The summed E-state index contributed by atoms with van der Waals surface area (Å²) in [5.74, 6) is -0.924. The van der Waals surface area contributed by atoms with Crippen LogP contribution in [0.15, 0.2) is 16.3 Å². The van der Waals surface area contributed by atoms with Gasteiger partial charge in [-0.3, -0.25) is 4.99 Å². The molecule has 84 valence electrons. The summed E-state index contributed by atoms with van der Waals surface area (Å²) in [7, 11) is 1.53. The van der Waals surface area contributed by atoms with Crippen LogP contribution >= 0.6 is 0 Å². The molecule has 0 aromatic carbocycles. The lowest BCUT2D eigenvalue weighted by molar-refractivity contribution is -0.132. The van der Waals surface area contributed by atoms with Crippen LogP contribution in [0.3, 0.4) is 0 Å². The molecular formula is C10H16N2O3. The van der Waals surface area contributed by atoms with Gasteiger partial charge in [0.25, 0.3) is 0 Å². The molecule has 0 bridgehead atoms. The van der Waals surface area contributed by atoms with Crippen LogP contribution in [0, 0.1) is 5.92 Å². The Morgan fingerprint density at radius 1 is 1.53 bits per heavy atom. The summed E-state index contributed by atoms with van der Waals surface area (Å²) in [6, 6.07) is 0. The molecule has 0 radical (unpaired) electrons. The van der Waals surface area contributed by atoms with E-state index in [0.717, 1.165) is 12.8 Å². The van der Waals surface area contributed by atoms with Crippen LogP contribution in [0.2, 0.25) is 0 Å². The van der Waals surface area contributed by atoms with E-state index in [9.17, 15) is 4.79 Å². The Morgan fingerprint density at radius 2 is 2.13 bits per heavy atom. The third-order valence-corrected chi connectivity index (χ3v) is 2.46. The first-order chi connectivity index (χ1) is 7.16. The van der Waals surface area contributed by atoms with Crippen molar-refractivity contribution in [2.24, 2.45) is 16.6 Å². The molecule has 0 atom stereocenters. The smallest absolute Gasteiger partial charge is 0.339 e. The highest BCUT2D eigenvalue weighted by molar-refractivity contribution is 6.09.